The van der Waals surface area contributed by atoms with Crippen LogP contribution in [0.4, 0.5) is 0 Å². The molecular weight excluding hydrogens is 390 g/mol. The monoisotopic (exact) mass is 417 g/mol. The van der Waals surface area contributed by atoms with Gasteiger partial charge in [-0.1, -0.05) is 65.8 Å². The maximum absolute atomic E-state index is 12.5. The van der Waals surface area contributed by atoms with E-state index in [-0.39, 0.29) is 18.1 Å². The SMILES string of the molecule is O=C(NCC(=O)N1CCC(CCc2ccccc2)CC1)c1cc(-c2ccccc2)on1. The molecule has 0 unspecified atom stereocenters. The van der Waals surface area contributed by atoms with Crippen LogP contribution in [-0.4, -0.2) is 41.5 Å². The second kappa shape index (κ2) is 10.1. The van der Waals surface area contributed by atoms with Crippen molar-refractivity contribution in [3.63, 3.8) is 0 Å². The third kappa shape index (κ3) is 5.60. The third-order valence-corrected chi connectivity index (χ3v) is 5.85. The molecule has 0 saturated carbocycles. The van der Waals surface area contributed by atoms with Gasteiger partial charge in [-0.15, -0.1) is 0 Å². The predicted molar refractivity (Wildman–Crippen MR) is 118 cm³/mol. The lowest BCUT2D eigenvalue weighted by atomic mass is 9.90. The van der Waals surface area contributed by atoms with Crippen LogP contribution < -0.4 is 5.32 Å². The van der Waals surface area contributed by atoms with E-state index in [4.69, 9.17) is 4.52 Å². The standard InChI is InChI=1S/C25H27N3O3/c29-24(28-15-13-20(14-16-28)12-11-19-7-3-1-4-8-19)18-26-25(30)22-17-23(31-27-22)21-9-5-2-6-10-21/h1-10,17,20H,11-16,18H2,(H,26,30). The van der Waals surface area contributed by atoms with Crippen LogP contribution in [0, 0.1) is 5.92 Å². The minimum Gasteiger partial charge on any atom is -0.355 e. The zero-order valence-electron chi connectivity index (χ0n) is 17.5. The second-order valence-corrected chi connectivity index (χ2v) is 7.97. The molecule has 160 valence electrons. The van der Waals surface area contributed by atoms with E-state index >= 15 is 0 Å². The van der Waals surface area contributed by atoms with Gasteiger partial charge >= 0.3 is 0 Å². The molecule has 2 amide bonds. The fourth-order valence-electron chi connectivity index (χ4n) is 3.97. The van der Waals surface area contributed by atoms with Gasteiger partial charge in [0.2, 0.25) is 5.91 Å². The molecule has 1 aromatic heterocycles. The van der Waals surface area contributed by atoms with Crippen molar-refractivity contribution in [1.82, 2.24) is 15.4 Å². The molecule has 2 aromatic carbocycles. The first-order chi connectivity index (χ1) is 15.2. The van der Waals surface area contributed by atoms with Gasteiger partial charge in [0.05, 0.1) is 6.54 Å². The number of likely N-dealkylation sites (tertiary alicyclic amines) is 1. The minimum atomic E-state index is -0.406. The Bertz CT molecular complexity index is 993. The number of aromatic nitrogens is 1. The molecule has 6 nitrogen and oxygen atoms in total. The fraction of sp³-hybridized carbons (Fsp3) is 0.320. The average molecular weight is 418 g/mol. The summed E-state index contributed by atoms with van der Waals surface area (Å²) >= 11 is 0. The highest BCUT2D eigenvalue weighted by atomic mass is 16.5. The van der Waals surface area contributed by atoms with E-state index in [0.29, 0.717) is 11.7 Å². The summed E-state index contributed by atoms with van der Waals surface area (Å²) < 4.78 is 5.26. The van der Waals surface area contributed by atoms with Crippen molar-refractivity contribution in [2.24, 2.45) is 5.92 Å². The van der Waals surface area contributed by atoms with Crippen molar-refractivity contribution < 1.29 is 14.1 Å². The molecule has 1 N–H and O–H groups in total. The summed E-state index contributed by atoms with van der Waals surface area (Å²) in [6, 6.07) is 21.6. The van der Waals surface area contributed by atoms with Crippen molar-refractivity contribution in [2.75, 3.05) is 19.6 Å². The van der Waals surface area contributed by atoms with Gasteiger partial charge in [0.15, 0.2) is 11.5 Å². The Labute approximate surface area is 182 Å². The lowest BCUT2D eigenvalue weighted by Crippen LogP contribution is -2.44. The van der Waals surface area contributed by atoms with E-state index in [1.54, 1.807) is 6.07 Å². The van der Waals surface area contributed by atoms with Gasteiger partial charge in [-0.25, -0.2) is 0 Å². The first-order valence-corrected chi connectivity index (χ1v) is 10.8. The molecule has 2 heterocycles. The van der Waals surface area contributed by atoms with Crippen LogP contribution in [0.15, 0.2) is 71.3 Å². The lowest BCUT2D eigenvalue weighted by molar-refractivity contribution is -0.131. The summed E-state index contributed by atoms with van der Waals surface area (Å²) in [6.07, 6.45) is 4.25. The average Bonchev–Trinajstić information content (AvgIpc) is 3.33. The number of piperidine rings is 1. The van der Waals surface area contributed by atoms with Crippen molar-refractivity contribution in [3.8, 4) is 11.3 Å². The predicted octanol–water partition coefficient (Wildman–Crippen LogP) is 3.94. The summed E-state index contributed by atoms with van der Waals surface area (Å²) in [5.74, 6) is 0.707. The molecule has 1 saturated heterocycles. The Kier molecular flexibility index (Phi) is 6.77. The highest BCUT2D eigenvalue weighted by Crippen LogP contribution is 2.23. The van der Waals surface area contributed by atoms with Crippen LogP contribution in [0.1, 0.15) is 35.3 Å². The van der Waals surface area contributed by atoms with Crippen LogP contribution in [0.25, 0.3) is 11.3 Å². The van der Waals surface area contributed by atoms with Gasteiger partial charge in [-0.05, 0) is 37.2 Å². The normalized spacial score (nSPS) is 14.4. The second-order valence-electron chi connectivity index (χ2n) is 7.97. The summed E-state index contributed by atoms with van der Waals surface area (Å²) in [4.78, 5) is 26.7. The molecule has 0 spiro atoms. The maximum Gasteiger partial charge on any atom is 0.273 e. The molecule has 31 heavy (non-hydrogen) atoms. The molecule has 4 rings (SSSR count). The number of amides is 2. The van der Waals surface area contributed by atoms with Crippen LogP contribution in [-0.2, 0) is 11.2 Å². The summed E-state index contributed by atoms with van der Waals surface area (Å²) in [5.41, 5.74) is 2.39. The molecule has 1 fully saturated rings. The topological polar surface area (TPSA) is 75.4 Å². The summed E-state index contributed by atoms with van der Waals surface area (Å²) in [5, 5.41) is 6.49. The largest absolute Gasteiger partial charge is 0.355 e. The number of nitrogens with zero attached hydrogens (tertiary/aromatic N) is 2. The van der Waals surface area contributed by atoms with Crippen molar-refractivity contribution in [3.05, 3.63) is 78.0 Å². The Hall–Kier alpha value is -3.41. The molecule has 3 aromatic rings. The van der Waals surface area contributed by atoms with E-state index < -0.39 is 5.91 Å². The molecule has 6 heteroatoms. The minimum absolute atomic E-state index is 0.0267. The maximum atomic E-state index is 12.5. The van der Waals surface area contributed by atoms with Crippen molar-refractivity contribution >= 4 is 11.8 Å². The van der Waals surface area contributed by atoms with Gasteiger partial charge in [0.25, 0.3) is 5.91 Å². The molecule has 0 bridgehead atoms. The molecule has 1 aliphatic rings. The highest BCUT2D eigenvalue weighted by molar-refractivity contribution is 5.95. The van der Waals surface area contributed by atoms with Gasteiger partial charge < -0.3 is 14.7 Å². The Morgan fingerprint density at radius 1 is 1.00 bits per heavy atom. The number of aryl methyl sites for hydroxylation is 1. The molecule has 0 aliphatic carbocycles. The molecular formula is C25H27N3O3. The number of nitrogens with one attached hydrogen (secondary N) is 1. The van der Waals surface area contributed by atoms with Gasteiger partial charge in [0, 0.05) is 24.7 Å². The quantitative estimate of drug-likeness (QED) is 0.632. The molecule has 1 aliphatic heterocycles. The zero-order chi connectivity index (χ0) is 21.5. The van der Waals surface area contributed by atoms with Crippen LogP contribution in [0.5, 0.6) is 0 Å². The van der Waals surface area contributed by atoms with Crippen LogP contribution in [0.2, 0.25) is 0 Å². The smallest absolute Gasteiger partial charge is 0.273 e. The van der Waals surface area contributed by atoms with Gasteiger partial charge in [-0.3, -0.25) is 9.59 Å². The van der Waals surface area contributed by atoms with E-state index in [1.165, 1.54) is 5.56 Å². The fourth-order valence-corrected chi connectivity index (χ4v) is 3.97. The van der Waals surface area contributed by atoms with Gasteiger partial charge in [0.1, 0.15) is 0 Å². The van der Waals surface area contributed by atoms with Crippen molar-refractivity contribution in [2.45, 2.75) is 25.7 Å². The highest BCUT2D eigenvalue weighted by Gasteiger charge is 2.23. The van der Waals surface area contributed by atoms with E-state index in [9.17, 15) is 9.59 Å². The number of carbonyl (C=O) groups is 2. The number of hydrogen-bond donors (Lipinski definition) is 1. The molecule has 0 radical (unpaired) electrons. The zero-order valence-corrected chi connectivity index (χ0v) is 17.5. The third-order valence-electron chi connectivity index (χ3n) is 5.85. The number of rotatable bonds is 7. The first kappa shape index (κ1) is 20.8. The Morgan fingerprint density at radius 3 is 2.39 bits per heavy atom. The summed E-state index contributed by atoms with van der Waals surface area (Å²) in [6.45, 7) is 1.47. The van der Waals surface area contributed by atoms with Crippen LogP contribution in [0.3, 0.4) is 0 Å². The van der Waals surface area contributed by atoms with Gasteiger partial charge in [-0.2, -0.15) is 0 Å². The lowest BCUT2D eigenvalue weighted by Gasteiger charge is -2.32. The summed E-state index contributed by atoms with van der Waals surface area (Å²) in [7, 11) is 0. The van der Waals surface area contributed by atoms with E-state index in [0.717, 1.165) is 44.3 Å². The van der Waals surface area contributed by atoms with Crippen molar-refractivity contribution in [1.29, 1.82) is 0 Å². The number of carbonyl (C=O) groups excluding carboxylic acids is 2. The Morgan fingerprint density at radius 2 is 1.68 bits per heavy atom. The molecule has 0 atom stereocenters. The Balaban J connectivity index is 1.20. The van der Waals surface area contributed by atoms with Crippen LogP contribution >= 0.6 is 0 Å². The van der Waals surface area contributed by atoms with E-state index in [1.807, 2.05) is 41.3 Å². The first-order valence-electron chi connectivity index (χ1n) is 10.8. The number of benzene rings is 2. The van der Waals surface area contributed by atoms with E-state index in [2.05, 4.69) is 34.7 Å². The number of hydrogen-bond acceptors (Lipinski definition) is 4.